The van der Waals surface area contributed by atoms with Gasteiger partial charge in [0.05, 0.1) is 10.5 Å². The average Bonchev–Trinajstić information content (AvgIpc) is 3.05. The molecule has 0 saturated heterocycles. The lowest BCUT2D eigenvalue weighted by molar-refractivity contribution is -0.385. The lowest BCUT2D eigenvalue weighted by atomic mass is 10.0. The highest BCUT2D eigenvalue weighted by Crippen LogP contribution is 2.31. The first-order valence-electron chi connectivity index (χ1n) is 7.57. The molecule has 2 rings (SSSR count). The number of hydrogen-bond donors (Lipinski definition) is 2. The Morgan fingerprint density at radius 2 is 2.14 bits per heavy atom. The third kappa shape index (κ3) is 3.27. The van der Waals surface area contributed by atoms with Gasteiger partial charge in [-0.15, -0.1) is 0 Å². The second-order valence-electron chi connectivity index (χ2n) is 6.00. The smallest absolute Gasteiger partial charge is 0.322 e. The summed E-state index contributed by atoms with van der Waals surface area (Å²) in [7, 11) is 1.54. The summed E-state index contributed by atoms with van der Waals surface area (Å²) in [6, 6.07) is 0. The van der Waals surface area contributed by atoms with E-state index in [0.29, 0.717) is 31.4 Å². The van der Waals surface area contributed by atoms with Gasteiger partial charge in [0.25, 0.3) is 5.91 Å². The number of carbonyl (C=O) groups is 1. The van der Waals surface area contributed by atoms with Gasteiger partial charge in [0.15, 0.2) is 0 Å². The maximum absolute atomic E-state index is 12.4. The molecule has 1 aromatic rings. The number of rotatable bonds is 6. The van der Waals surface area contributed by atoms with Crippen molar-refractivity contribution in [3.63, 3.8) is 0 Å². The van der Waals surface area contributed by atoms with Gasteiger partial charge in [0, 0.05) is 13.6 Å². The van der Waals surface area contributed by atoms with Crippen LogP contribution < -0.4 is 0 Å². The summed E-state index contributed by atoms with van der Waals surface area (Å²) in [6.07, 6.45) is 4.34. The fourth-order valence-electron chi connectivity index (χ4n) is 3.03. The second-order valence-corrected chi connectivity index (χ2v) is 6.00. The summed E-state index contributed by atoms with van der Waals surface area (Å²) in [4.78, 5) is 24.4. The molecule has 0 radical (unpaired) electrons. The topological polar surface area (TPSA) is 112 Å². The zero-order valence-corrected chi connectivity index (χ0v) is 13.0. The molecule has 0 bridgehead atoms. The van der Waals surface area contributed by atoms with Crippen molar-refractivity contribution in [2.24, 2.45) is 0 Å². The zero-order valence-electron chi connectivity index (χ0n) is 13.0. The summed E-state index contributed by atoms with van der Waals surface area (Å²) in [5.41, 5.74) is -0.958. The number of carbonyl (C=O) groups excluding carboxylic acids is 1. The van der Waals surface area contributed by atoms with Gasteiger partial charge in [0.2, 0.25) is 5.69 Å². The molecule has 122 valence electrons. The van der Waals surface area contributed by atoms with Crippen LogP contribution in [0.4, 0.5) is 5.69 Å². The molecule has 8 heteroatoms. The fourth-order valence-corrected chi connectivity index (χ4v) is 3.03. The molecule has 1 amide bonds. The number of nitrogens with one attached hydrogen (secondary N) is 1. The van der Waals surface area contributed by atoms with Crippen molar-refractivity contribution in [3.05, 3.63) is 21.5 Å². The van der Waals surface area contributed by atoms with Crippen molar-refractivity contribution in [1.82, 2.24) is 15.1 Å². The van der Waals surface area contributed by atoms with Crippen LogP contribution in [0.3, 0.4) is 0 Å². The predicted molar refractivity (Wildman–Crippen MR) is 79.6 cm³/mol. The first-order valence-corrected chi connectivity index (χ1v) is 7.57. The van der Waals surface area contributed by atoms with E-state index in [2.05, 4.69) is 10.2 Å². The third-order valence-corrected chi connectivity index (χ3v) is 4.11. The second kappa shape index (κ2) is 6.43. The molecule has 0 aliphatic heterocycles. The normalized spacial score (nSPS) is 16.7. The van der Waals surface area contributed by atoms with Crippen LogP contribution in [0, 0.1) is 10.1 Å². The zero-order chi connectivity index (χ0) is 16.3. The summed E-state index contributed by atoms with van der Waals surface area (Å²) >= 11 is 0. The highest BCUT2D eigenvalue weighted by Gasteiger charge is 2.36. The van der Waals surface area contributed by atoms with Crippen LogP contribution in [0.15, 0.2) is 0 Å². The molecule has 2 N–H and O–H groups in total. The van der Waals surface area contributed by atoms with Gasteiger partial charge in [-0.2, -0.15) is 5.10 Å². The molecule has 1 saturated carbocycles. The van der Waals surface area contributed by atoms with E-state index in [1.165, 1.54) is 11.9 Å². The standard InChI is InChI=1S/C14H22N4O4/c1-3-6-10-12(18(21)22)11(16-15-10)13(19)17(2)9-14(20)7-4-5-8-14/h20H,3-9H2,1-2H3,(H,15,16). The minimum Gasteiger partial charge on any atom is -0.388 e. The predicted octanol–water partition coefficient (Wildman–Crippen LogP) is 1.65. The Balaban J connectivity index is 2.19. The van der Waals surface area contributed by atoms with Crippen LogP contribution in [-0.4, -0.2) is 50.2 Å². The van der Waals surface area contributed by atoms with Gasteiger partial charge in [-0.05, 0) is 19.3 Å². The molecule has 0 aromatic carbocycles. The number of aliphatic hydroxyl groups is 1. The number of nitro groups is 1. The van der Waals surface area contributed by atoms with E-state index in [0.717, 1.165) is 12.8 Å². The first-order chi connectivity index (χ1) is 10.4. The van der Waals surface area contributed by atoms with Crippen molar-refractivity contribution in [2.75, 3.05) is 13.6 Å². The number of nitrogens with zero attached hydrogens (tertiary/aromatic N) is 3. The monoisotopic (exact) mass is 310 g/mol. The molecule has 1 heterocycles. The van der Waals surface area contributed by atoms with Gasteiger partial charge in [0.1, 0.15) is 5.69 Å². The minimum atomic E-state index is -0.887. The molecular weight excluding hydrogens is 288 g/mol. The van der Waals surface area contributed by atoms with Gasteiger partial charge in [-0.3, -0.25) is 20.0 Å². The highest BCUT2D eigenvalue weighted by atomic mass is 16.6. The molecule has 1 aromatic heterocycles. The lowest BCUT2D eigenvalue weighted by Crippen LogP contribution is -2.42. The number of H-pyrrole nitrogens is 1. The summed E-state index contributed by atoms with van der Waals surface area (Å²) in [6.45, 7) is 2.06. The van der Waals surface area contributed by atoms with Crippen molar-refractivity contribution >= 4 is 11.6 Å². The Morgan fingerprint density at radius 3 is 2.68 bits per heavy atom. The van der Waals surface area contributed by atoms with Crippen LogP contribution in [-0.2, 0) is 6.42 Å². The number of aromatic amines is 1. The molecule has 22 heavy (non-hydrogen) atoms. The first kappa shape index (κ1) is 16.4. The largest absolute Gasteiger partial charge is 0.388 e. The van der Waals surface area contributed by atoms with E-state index in [4.69, 9.17) is 0 Å². The van der Waals surface area contributed by atoms with E-state index in [1.54, 1.807) is 0 Å². The summed E-state index contributed by atoms with van der Waals surface area (Å²) in [5.74, 6) is -0.536. The van der Waals surface area contributed by atoms with Gasteiger partial charge < -0.3 is 10.0 Å². The number of aromatic nitrogens is 2. The number of likely N-dealkylation sites (N-methyl/N-ethyl adjacent to an activating group) is 1. The van der Waals surface area contributed by atoms with E-state index < -0.39 is 16.4 Å². The lowest BCUT2D eigenvalue weighted by Gasteiger charge is -2.28. The van der Waals surface area contributed by atoms with Crippen LogP contribution >= 0.6 is 0 Å². The highest BCUT2D eigenvalue weighted by molar-refractivity contribution is 5.96. The van der Waals surface area contributed by atoms with Crippen LogP contribution in [0.1, 0.15) is 55.2 Å². The molecule has 1 fully saturated rings. The Bertz CT molecular complexity index is 563. The van der Waals surface area contributed by atoms with Crippen LogP contribution in [0.5, 0.6) is 0 Å². The Hall–Kier alpha value is -1.96. The van der Waals surface area contributed by atoms with Gasteiger partial charge in [-0.1, -0.05) is 26.2 Å². The molecular formula is C14H22N4O4. The maximum Gasteiger partial charge on any atom is 0.322 e. The fraction of sp³-hybridized carbons (Fsp3) is 0.714. The maximum atomic E-state index is 12.4. The summed E-state index contributed by atoms with van der Waals surface area (Å²) < 4.78 is 0. The number of hydrogen-bond acceptors (Lipinski definition) is 5. The Kier molecular flexibility index (Phi) is 4.80. The van der Waals surface area contributed by atoms with Crippen molar-refractivity contribution in [3.8, 4) is 0 Å². The minimum absolute atomic E-state index is 0.166. The quantitative estimate of drug-likeness (QED) is 0.612. The van der Waals surface area contributed by atoms with E-state index in [1.807, 2.05) is 6.92 Å². The van der Waals surface area contributed by atoms with Gasteiger partial charge >= 0.3 is 5.69 Å². The number of amides is 1. The van der Waals surface area contributed by atoms with Crippen molar-refractivity contribution in [1.29, 1.82) is 0 Å². The van der Waals surface area contributed by atoms with Crippen molar-refractivity contribution < 1.29 is 14.8 Å². The van der Waals surface area contributed by atoms with Crippen LogP contribution in [0.2, 0.25) is 0 Å². The molecule has 8 nitrogen and oxygen atoms in total. The Labute approximate surface area is 128 Å². The molecule has 0 atom stereocenters. The Morgan fingerprint density at radius 1 is 1.50 bits per heavy atom. The molecule has 0 spiro atoms. The average molecular weight is 310 g/mol. The van der Waals surface area contributed by atoms with E-state index in [-0.39, 0.29) is 17.9 Å². The van der Waals surface area contributed by atoms with Crippen LogP contribution in [0.25, 0.3) is 0 Å². The molecule has 1 aliphatic carbocycles. The SMILES string of the molecule is CCCc1[nH]nc(C(=O)N(C)CC2(O)CCCC2)c1[N+](=O)[O-]. The molecule has 1 aliphatic rings. The van der Waals surface area contributed by atoms with E-state index in [9.17, 15) is 20.0 Å². The van der Waals surface area contributed by atoms with Gasteiger partial charge in [-0.25, -0.2) is 0 Å². The molecule has 0 unspecified atom stereocenters. The summed E-state index contributed by atoms with van der Waals surface area (Å²) in [5, 5.41) is 28.0. The van der Waals surface area contributed by atoms with Crippen molar-refractivity contribution in [2.45, 2.75) is 51.0 Å². The third-order valence-electron chi connectivity index (χ3n) is 4.11. The van der Waals surface area contributed by atoms with E-state index >= 15 is 0 Å². The number of aryl methyl sites for hydroxylation is 1.